The average molecular weight is 453 g/mol. The number of hydrogen-bond donors (Lipinski definition) is 1. The number of ether oxygens (including phenoxy) is 2. The number of carbonyl (C=O) groups excluding carboxylic acids is 3. The molecule has 0 aliphatic rings. The van der Waals surface area contributed by atoms with Crippen LogP contribution in [0.4, 0.5) is 4.39 Å². The van der Waals surface area contributed by atoms with E-state index >= 15 is 0 Å². The standard InChI is InChI=1S/C24H24FN3O5/c1-4-33-24(31)20-14-26-28(15(20)2)19-11-7-17(8-12-19)23(30)27-21(13-22(29)32-3)16-5-9-18(25)10-6-16/h5-12,14,21H,4,13H2,1-3H3,(H,27,30). The quantitative estimate of drug-likeness (QED) is 0.524. The molecule has 1 unspecified atom stereocenters. The first-order valence-electron chi connectivity index (χ1n) is 10.3. The molecule has 1 atom stereocenters. The van der Waals surface area contributed by atoms with Crippen LogP contribution in [0.15, 0.2) is 54.7 Å². The van der Waals surface area contributed by atoms with E-state index < -0.39 is 29.7 Å². The summed E-state index contributed by atoms with van der Waals surface area (Å²) in [5.74, 6) is -1.79. The lowest BCUT2D eigenvalue weighted by Gasteiger charge is -2.18. The molecule has 9 heteroatoms. The van der Waals surface area contributed by atoms with E-state index in [1.54, 1.807) is 42.8 Å². The number of halogens is 1. The number of methoxy groups -OCH3 is 1. The van der Waals surface area contributed by atoms with Crippen molar-refractivity contribution in [1.29, 1.82) is 0 Å². The number of rotatable bonds is 8. The van der Waals surface area contributed by atoms with Crippen LogP contribution in [-0.2, 0) is 14.3 Å². The Morgan fingerprint density at radius 2 is 1.76 bits per heavy atom. The zero-order chi connectivity index (χ0) is 24.0. The molecule has 8 nitrogen and oxygen atoms in total. The molecule has 0 spiro atoms. The molecule has 0 bridgehead atoms. The summed E-state index contributed by atoms with van der Waals surface area (Å²) in [5, 5.41) is 7.03. The number of nitrogens with zero attached hydrogens (tertiary/aromatic N) is 2. The van der Waals surface area contributed by atoms with Crippen molar-refractivity contribution in [3.8, 4) is 5.69 Å². The van der Waals surface area contributed by atoms with Gasteiger partial charge in [-0.2, -0.15) is 5.10 Å². The molecule has 0 aliphatic carbocycles. The molecule has 1 aromatic heterocycles. The lowest BCUT2D eigenvalue weighted by atomic mass is 10.0. The predicted molar refractivity (Wildman–Crippen MR) is 117 cm³/mol. The number of amides is 1. The maximum atomic E-state index is 13.3. The maximum absolute atomic E-state index is 13.3. The minimum absolute atomic E-state index is 0.102. The smallest absolute Gasteiger partial charge is 0.341 e. The normalized spacial score (nSPS) is 11.5. The third-order valence-electron chi connectivity index (χ3n) is 5.06. The fraction of sp³-hybridized carbons (Fsp3) is 0.250. The van der Waals surface area contributed by atoms with Gasteiger partial charge >= 0.3 is 11.9 Å². The molecular weight excluding hydrogens is 429 g/mol. The molecule has 1 amide bonds. The van der Waals surface area contributed by atoms with Gasteiger partial charge in [-0.05, 0) is 55.8 Å². The zero-order valence-corrected chi connectivity index (χ0v) is 18.5. The summed E-state index contributed by atoms with van der Waals surface area (Å²) in [6, 6.07) is 11.4. The summed E-state index contributed by atoms with van der Waals surface area (Å²) in [6.45, 7) is 3.75. The first-order chi connectivity index (χ1) is 15.8. The third-order valence-corrected chi connectivity index (χ3v) is 5.06. The Kier molecular flexibility index (Phi) is 7.55. The SMILES string of the molecule is CCOC(=O)c1cnn(-c2ccc(C(=O)NC(CC(=O)OC)c3ccc(F)cc3)cc2)c1C. The minimum Gasteiger partial charge on any atom is -0.469 e. The highest BCUT2D eigenvalue weighted by Gasteiger charge is 2.20. The molecule has 172 valence electrons. The van der Waals surface area contributed by atoms with Crippen LogP contribution in [0, 0.1) is 12.7 Å². The highest BCUT2D eigenvalue weighted by Crippen LogP contribution is 2.20. The number of esters is 2. The van der Waals surface area contributed by atoms with Crippen molar-refractivity contribution >= 4 is 17.8 Å². The molecular formula is C24H24FN3O5. The van der Waals surface area contributed by atoms with Crippen LogP contribution in [0.2, 0.25) is 0 Å². The molecule has 1 N–H and O–H groups in total. The second-order valence-electron chi connectivity index (χ2n) is 7.18. The van der Waals surface area contributed by atoms with Crippen molar-refractivity contribution in [3.05, 3.63) is 82.9 Å². The molecule has 0 fully saturated rings. The Labute approximate surface area is 190 Å². The summed E-state index contributed by atoms with van der Waals surface area (Å²) in [5.41, 5.74) is 2.56. The van der Waals surface area contributed by atoms with Crippen molar-refractivity contribution in [2.24, 2.45) is 0 Å². The van der Waals surface area contributed by atoms with Gasteiger partial charge < -0.3 is 14.8 Å². The van der Waals surface area contributed by atoms with Crippen LogP contribution in [0.3, 0.4) is 0 Å². The molecule has 0 saturated heterocycles. The van der Waals surface area contributed by atoms with E-state index in [0.717, 1.165) is 0 Å². The minimum atomic E-state index is -0.689. The zero-order valence-electron chi connectivity index (χ0n) is 18.5. The van der Waals surface area contributed by atoms with Crippen molar-refractivity contribution in [2.75, 3.05) is 13.7 Å². The van der Waals surface area contributed by atoms with Gasteiger partial charge in [-0.3, -0.25) is 9.59 Å². The van der Waals surface area contributed by atoms with Crippen LogP contribution in [0.1, 0.15) is 51.4 Å². The average Bonchev–Trinajstić information content (AvgIpc) is 3.20. The second-order valence-corrected chi connectivity index (χ2v) is 7.18. The van der Waals surface area contributed by atoms with Crippen LogP contribution >= 0.6 is 0 Å². The Balaban J connectivity index is 1.78. The second kappa shape index (κ2) is 10.5. The summed E-state index contributed by atoms with van der Waals surface area (Å²) >= 11 is 0. The van der Waals surface area contributed by atoms with Crippen LogP contribution in [0.25, 0.3) is 5.69 Å². The van der Waals surface area contributed by atoms with E-state index in [4.69, 9.17) is 9.47 Å². The highest BCUT2D eigenvalue weighted by atomic mass is 19.1. The van der Waals surface area contributed by atoms with Gasteiger partial charge in [-0.25, -0.2) is 13.9 Å². The van der Waals surface area contributed by atoms with E-state index in [0.29, 0.717) is 28.1 Å². The first-order valence-corrected chi connectivity index (χ1v) is 10.3. The van der Waals surface area contributed by atoms with Gasteiger partial charge in [0.2, 0.25) is 0 Å². The van der Waals surface area contributed by atoms with E-state index in [2.05, 4.69) is 10.4 Å². The number of carbonyl (C=O) groups is 3. The maximum Gasteiger partial charge on any atom is 0.341 e. The summed E-state index contributed by atoms with van der Waals surface area (Å²) in [6.07, 6.45) is 1.34. The molecule has 2 aromatic carbocycles. The van der Waals surface area contributed by atoms with Gasteiger partial charge in [0.1, 0.15) is 11.4 Å². The molecule has 3 rings (SSSR count). The number of benzene rings is 2. The lowest BCUT2D eigenvalue weighted by Crippen LogP contribution is -2.30. The van der Waals surface area contributed by atoms with E-state index in [1.165, 1.54) is 37.6 Å². The molecule has 0 aliphatic heterocycles. The Morgan fingerprint density at radius 1 is 1.09 bits per heavy atom. The van der Waals surface area contributed by atoms with Crippen LogP contribution in [-0.4, -0.2) is 41.3 Å². The molecule has 3 aromatic rings. The molecule has 1 heterocycles. The fourth-order valence-corrected chi connectivity index (χ4v) is 3.27. The van der Waals surface area contributed by atoms with Gasteiger partial charge in [0.05, 0.1) is 43.8 Å². The first kappa shape index (κ1) is 23.6. The third kappa shape index (κ3) is 5.62. The van der Waals surface area contributed by atoms with Gasteiger partial charge in [0.25, 0.3) is 5.91 Å². The molecule has 0 radical (unpaired) electrons. The van der Waals surface area contributed by atoms with E-state index in [1.807, 2.05) is 0 Å². The number of hydrogen-bond acceptors (Lipinski definition) is 6. The van der Waals surface area contributed by atoms with Gasteiger partial charge in [-0.1, -0.05) is 12.1 Å². The highest BCUT2D eigenvalue weighted by molar-refractivity contribution is 5.95. The van der Waals surface area contributed by atoms with Crippen molar-refractivity contribution < 1.29 is 28.2 Å². The van der Waals surface area contributed by atoms with Gasteiger partial charge in [0, 0.05) is 5.56 Å². The Morgan fingerprint density at radius 3 is 2.36 bits per heavy atom. The van der Waals surface area contributed by atoms with Gasteiger partial charge in [-0.15, -0.1) is 0 Å². The number of nitrogens with one attached hydrogen (secondary N) is 1. The summed E-state index contributed by atoms with van der Waals surface area (Å²) < 4.78 is 24.6. The van der Waals surface area contributed by atoms with Gasteiger partial charge in [0.15, 0.2) is 0 Å². The van der Waals surface area contributed by atoms with Crippen LogP contribution in [0.5, 0.6) is 0 Å². The fourth-order valence-electron chi connectivity index (χ4n) is 3.27. The Bertz CT molecular complexity index is 1140. The largest absolute Gasteiger partial charge is 0.469 e. The topological polar surface area (TPSA) is 99.5 Å². The lowest BCUT2D eigenvalue weighted by molar-refractivity contribution is -0.141. The molecule has 33 heavy (non-hydrogen) atoms. The van der Waals surface area contributed by atoms with Crippen molar-refractivity contribution in [2.45, 2.75) is 26.3 Å². The Hall–Kier alpha value is -4.01. The van der Waals surface area contributed by atoms with E-state index in [-0.39, 0.29) is 13.0 Å². The monoisotopic (exact) mass is 453 g/mol. The summed E-state index contributed by atoms with van der Waals surface area (Å²) in [4.78, 5) is 36.6. The van der Waals surface area contributed by atoms with Crippen LogP contribution < -0.4 is 5.32 Å². The molecule has 0 saturated carbocycles. The van der Waals surface area contributed by atoms with Crippen molar-refractivity contribution in [1.82, 2.24) is 15.1 Å². The van der Waals surface area contributed by atoms with E-state index in [9.17, 15) is 18.8 Å². The summed E-state index contributed by atoms with van der Waals surface area (Å²) in [7, 11) is 1.26. The predicted octanol–water partition coefficient (Wildman–Crippen LogP) is 3.53. The van der Waals surface area contributed by atoms with Crippen molar-refractivity contribution in [3.63, 3.8) is 0 Å². The number of aromatic nitrogens is 2.